The number of rotatable bonds is 3. The van der Waals surface area contributed by atoms with E-state index in [1.54, 1.807) is 54.0 Å². The summed E-state index contributed by atoms with van der Waals surface area (Å²) in [4.78, 5) is 31.6. The molecule has 5 rings (SSSR count). The third-order valence-electron chi connectivity index (χ3n) is 5.40. The highest BCUT2D eigenvalue weighted by Gasteiger charge is 2.48. The minimum atomic E-state index is -0.840. The number of aliphatic hydroxyl groups is 1. The van der Waals surface area contributed by atoms with Crippen LogP contribution in [0.3, 0.4) is 0 Å². The van der Waals surface area contributed by atoms with Crippen LogP contribution >= 0.6 is 22.9 Å². The van der Waals surface area contributed by atoms with Gasteiger partial charge < -0.3 is 9.84 Å². The smallest absolute Gasteiger partial charge is 0.301 e. The van der Waals surface area contributed by atoms with Crippen LogP contribution in [0.25, 0.3) is 5.76 Å². The number of carbonyl (C=O) groups is 2. The molecule has 1 amide bonds. The first-order valence-electron chi connectivity index (χ1n) is 9.70. The SMILES string of the molecule is C[C@H]1Cc2cc(C(O)=C3C(=O)C(=O)N(c4nccs4)[C@H]3c3cccc(Cl)c3)ccc2O1. The van der Waals surface area contributed by atoms with Gasteiger partial charge >= 0.3 is 5.91 Å². The van der Waals surface area contributed by atoms with Crippen LogP contribution in [0.1, 0.15) is 29.7 Å². The summed E-state index contributed by atoms with van der Waals surface area (Å²) in [6.45, 7) is 1.97. The van der Waals surface area contributed by atoms with Gasteiger partial charge in [0.25, 0.3) is 5.78 Å². The van der Waals surface area contributed by atoms with Gasteiger partial charge in [0.1, 0.15) is 17.6 Å². The number of ether oxygens (including phenoxy) is 1. The first kappa shape index (κ1) is 19.8. The molecule has 0 aliphatic carbocycles. The van der Waals surface area contributed by atoms with Crippen molar-refractivity contribution >= 4 is 45.5 Å². The van der Waals surface area contributed by atoms with E-state index in [0.717, 1.165) is 11.3 Å². The molecule has 0 saturated carbocycles. The van der Waals surface area contributed by atoms with Crippen LogP contribution in [0.4, 0.5) is 5.13 Å². The average Bonchev–Trinajstić information content (AvgIpc) is 3.45. The van der Waals surface area contributed by atoms with E-state index >= 15 is 0 Å². The van der Waals surface area contributed by atoms with Crippen molar-refractivity contribution in [1.82, 2.24) is 4.98 Å². The number of nitrogens with zero attached hydrogens (tertiary/aromatic N) is 2. The maximum Gasteiger partial charge on any atom is 0.301 e. The predicted octanol–water partition coefficient (Wildman–Crippen LogP) is 4.75. The molecule has 1 N–H and O–H groups in total. The summed E-state index contributed by atoms with van der Waals surface area (Å²) in [7, 11) is 0. The van der Waals surface area contributed by atoms with Gasteiger partial charge in [-0.05, 0) is 48.4 Å². The fraction of sp³-hybridized carbons (Fsp3) is 0.174. The number of benzene rings is 2. The van der Waals surface area contributed by atoms with Crippen LogP contribution in [0, 0.1) is 0 Å². The number of aliphatic hydroxyl groups excluding tert-OH is 1. The summed E-state index contributed by atoms with van der Waals surface area (Å²) in [5, 5.41) is 13.8. The Morgan fingerprint density at radius 2 is 2.10 bits per heavy atom. The molecule has 0 unspecified atom stereocenters. The highest BCUT2D eigenvalue weighted by molar-refractivity contribution is 7.14. The first-order valence-corrected chi connectivity index (χ1v) is 11.0. The molecule has 1 fully saturated rings. The minimum Gasteiger partial charge on any atom is -0.507 e. The molecule has 0 bridgehead atoms. The number of hydrogen-bond acceptors (Lipinski definition) is 6. The monoisotopic (exact) mass is 452 g/mol. The molecule has 0 radical (unpaired) electrons. The Morgan fingerprint density at radius 3 is 2.84 bits per heavy atom. The summed E-state index contributed by atoms with van der Waals surface area (Å²) in [5.41, 5.74) is 2.03. The van der Waals surface area contributed by atoms with E-state index in [2.05, 4.69) is 4.98 Å². The molecule has 2 atom stereocenters. The predicted molar refractivity (Wildman–Crippen MR) is 119 cm³/mol. The molecular formula is C23H17ClN2O4S. The van der Waals surface area contributed by atoms with Crippen LogP contribution in [-0.2, 0) is 16.0 Å². The summed E-state index contributed by atoms with van der Waals surface area (Å²) in [5.74, 6) is -0.967. The van der Waals surface area contributed by atoms with Crippen molar-refractivity contribution in [1.29, 1.82) is 0 Å². The molecule has 1 saturated heterocycles. The van der Waals surface area contributed by atoms with Crippen molar-refractivity contribution in [3.63, 3.8) is 0 Å². The molecule has 1 aromatic heterocycles. The van der Waals surface area contributed by atoms with Crippen molar-refractivity contribution in [3.05, 3.63) is 81.3 Å². The normalized spacial score (nSPS) is 21.9. The molecule has 2 aliphatic rings. The van der Waals surface area contributed by atoms with Gasteiger partial charge in [0.05, 0.1) is 11.6 Å². The van der Waals surface area contributed by atoms with Crippen molar-refractivity contribution in [3.8, 4) is 5.75 Å². The lowest BCUT2D eigenvalue weighted by molar-refractivity contribution is -0.132. The maximum atomic E-state index is 13.1. The Bertz CT molecular complexity index is 1240. The second kappa shape index (κ2) is 7.51. The number of Topliss-reactive ketones (excluding diaryl/α,β-unsaturated/α-hetero) is 1. The zero-order chi connectivity index (χ0) is 21.7. The van der Waals surface area contributed by atoms with Gasteiger partial charge in [-0.25, -0.2) is 4.98 Å². The average molecular weight is 453 g/mol. The van der Waals surface area contributed by atoms with E-state index in [9.17, 15) is 14.7 Å². The van der Waals surface area contributed by atoms with E-state index in [1.807, 2.05) is 6.92 Å². The van der Waals surface area contributed by atoms with Crippen molar-refractivity contribution < 1.29 is 19.4 Å². The largest absolute Gasteiger partial charge is 0.507 e. The fourth-order valence-electron chi connectivity index (χ4n) is 4.08. The lowest BCUT2D eigenvalue weighted by Gasteiger charge is -2.23. The number of ketones is 1. The zero-order valence-electron chi connectivity index (χ0n) is 16.4. The van der Waals surface area contributed by atoms with Crippen LogP contribution in [0.15, 0.2) is 59.6 Å². The number of aromatic nitrogens is 1. The number of carbonyl (C=O) groups excluding carboxylic acids is 2. The Morgan fingerprint density at radius 1 is 1.26 bits per heavy atom. The fourth-order valence-corrected chi connectivity index (χ4v) is 4.95. The molecule has 2 aromatic carbocycles. The molecule has 3 aromatic rings. The van der Waals surface area contributed by atoms with E-state index < -0.39 is 17.7 Å². The lowest BCUT2D eigenvalue weighted by atomic mass is 9.94. The molecule has 31 heavy (non-hydrogen) atoms. The van der Waals surface area contributed by atoms with Gasteiger partial charge in [0.2, 0.25) is 0 Å². The standard InChI is InChI=1S/C23H17ClN2O4S/c1-12-9-15-10-14(5-6-17(15)30-12)20(27)18-19(13-3-2-4-16(24)11-13)26(22(29)21(18)28)23-25-7-8-31-23/h2-8,10-12,19,27H,9H2,1H3/t12-,19-/m0/s1. The lowest BCUT2D eigenvalue weighted by Crippen LogP contribution is -2.29. The molecular weight excluding hydrogens is 436 g/mol. The molecule has 156 valence electrons. The highest BCUT2D eigenvalue weighted by atomic mass is 35.5. The number of hydrogen-bond donors (Lipinski definition) is 1. The third-order valence-corrected chi connectivity index (χ3v) is 6.41. The molecule has 8 heteroatoms. The Balaban J connectivity index is 1.69. The van der Waals surface area contributed by atoms with Gasteiger partial charge in [0, 0.05) is 28.6 Å². The Labute approximate surface area is 187 Å². The minimum absolute atomic E-state index is 0.00869. The van der Waals surface area contributed by atoms with E-state index in [1.165, 1.54) is 16.2 Å². The summed E-state index contributed by atoms with van der Waals surface area (Å²) in [6.07, 6.45) is 2.33. The summed E-state index contributed by atoms with van der Waals surface area (Å²) < 4.78 is 5.73. The number of amides is 1. The van der Waals surface area contributed by atoms with Crippen LogP contribution in [0.2, 0.25) is 5.02 Å². The van der Waals surface area contributed by atoms with E-state index in [-0.39, 0.29) is 17.4 Å². The molecule has 6 nitrogen and oxygen atoms in total. The number of thiazole rings is 1. The summed E-state index contributed by atoms with van der Waals surface area (Å²) >= 11 is 7.44. The number of halogens is 1. The molecule has 2 aliphatic heterocycles. The van der Waals surface area contributed by atoms with Crippen molar-refractivity contribution in [2.45, 2.75) is 25.5 Å². The third kappa shape index (κ3) is 3.30. The van der Waals surface area contributed by atoms with Gasteiger partial charge in [-0.3, -0.25) is 14.5 Å². The van der Waals surface area contributed by atoms with E-state index in [0.29, 0.717) is 27.7 Å². The number of fused-ring (bicyclic) bond motifs is 1. The Hall–Kier alpha value is -3.16. The van der Waals surface area contributed by atoms with Crippen molar-refractivity contribution in [2.75, 3.05) is 4.90 Å². The van der Waals surface area contributed by atoms with Crippen molar-refractivity contribution in [2.24, 2.45) is 0 Å². The zero-order valence-corrected chi connectivity index (χ0v) is 18.0. The maximum absolute atomic E-state index is 13.1. The van der Waals surface area contributed by atoms with Crippen LogP contribution < -0.4 is 9.64 Å². The second-order valence-electron chi connectivity index (χ2n) is 7.49. The van der Waals surface area contributed by atoms with Crippen LogP contribution in [0.5, 0.6) is 5.75 Å². The number of anilines is 1. The first-order chi connectivity index (χ1) is 14.9. The van der Waals surface area contributed by atoms with Gasteiger partial charge in [0.15, 0.2) is 5.13 Å². The van der Waals surface area contributed by atoms with Gasteiger partial charge in [-0.15, -0.1) is 11.3 Å². The molecule has 0 spiro atoms. The Kier molecular flexibility index (Phi) is 4.79. The summed E-state index contributed by atoms with van der Waals surface area (Å²) in [6, 6.07) is 11.3. The topological polar surface area (TPSA) is 79.7 Å². The van der Waals surface area contributed by atoms with E-state index in [4.69, 9.17) is 16.3 Å². The second-order valence-corrected chi connectivity index (χ2v) is 8.80. The molecule has 3 heterocycles. The van der Waals surface area contributed by atoms with Crippen LogP contribution in [-0.4, -0.2) is 27.9 Å². The van der Waals surface area contributed by atoms with Gasteiger partial charge in [-0.2, -0.15) is 0 Å². The van der Waals surface area contributed by atoms with Gasteiger partial charge in [-0.1, -0.05) is 23.7 Å². The highest BCUT2D eigenvalue weighted by Crippen LogP contribution is 2.43. The quantitative estimate of drug-likeness (QED) is 0.352.